The van der Waals surface area contributed by atoms with Crippen molar-refractivity contribution >= 4 is 42.1 Å². The van der Waals surface area contributed by atoms with E-state index in [9.17, 15) is 9.59 Å². The molecule has 0 heterocycles. The highest BCUT2D eigenvalue weighted by molar-refractivity contribution is 7.37. The first kappa shape index (κ1) is 70.7. The molecule has 0 aromatic carbocycles. The molecule has 0 spiro atoms. The quantitative estimate of drug-likeness (QED) is 0.113. The lowest BCUT2D eigenvalue weighted by Crippen LogP contribution is -2.71. The van der Waals surface area contributed by atoms with E-state index in [1.54, 1.807) is 13.1 Å². The van der Waals surface area contributed by atoms with Crippen LogP contribution in [0.15, 0.2) is 12.3 Å². The van der Waals surface area contributed by atoms with Gasteiger partial charge in [0.15, 0.2) is 0 Å². The fourth-order valence-electron chi connectivity index (χ4n) is 4.80. The molecule has 13 heteroatoms. The molecule has 1 aliphatic rings. The molecule has 0 aromatic heterocycles. The minimum Gasteiger partial charge on any atom is -0.432 e. The lowest BCUT2D eigenvalue weighted by molar-refractivity contribution is 0.0627. The van der Waals surface area contributed by atoms with Gasteiger partial charge in [0.2, 0.25) is 15.7 Å². The molecule has 1 fully saturated rings. The molecule has 3 unspecified atom stereocenters. The Morgan fingerprint density at radius 1 is 0.659 bits per heavy atom. The molecule has 1 saturated carbocycles. The van der Waals surface area contributed by atoms with Crippen LogP contribution in [0.5, 0.6) is 0 Å². The third kappa shape index (κ3) is 20.0. The van der Waals surface area contributed by atoms with Crippen molar-refractivity contribution in [2.24, 2.45) is 0 Å². The molecule has 1 rings (SSSR count). The second-order valence-electron chi connectivity index (χ2n) is 10.2. The smallest absolute Gasteiger partial charge is 0.432 e. The Hall–Kier alpha value is 0.504. The molecule has 3 atom stereocenters. The van der Waals surface area contributed by atoms with Gasteiger partial charge in [-0.25, -0.2) is 0 Å². The fraction of sp³-hybridized carbons (Fsp3) is 0.935. The van der Waals surface area contributed by atoms with Crippen LogP contribution in [0.1, 0.15) is 139 Å². The van der Waals surface area contributed by atoms with Crippen LogP contribution in [0, 0.1) is 0 Å². The van der Waals surface area contributed by atoms with Crippen molar-refractivity contribution in [1.82, 2.24) is 0 Å². The van der Waals surface area contributed by atoms with Crippen molar-refractivity contribution in [3.8, 4) is 0 Å². The van der Waals surface area contributed by atoms with Gasteiger partial charge in [0.1, 0.15) is 0 Å². The summed E-state index contributed by atoms with van der Waals surface area (Å²) in [5, 5.41) is 0. The highest BCUT2D eigenvalue weighted by atomic mass is 29.3. The lowest BCUT2D eigenvalue weighted by Gasteiger charge is -2.49. The molecule has 0 aromatic rings. The van der Waals surface area contributed by atoms with Crippen molar-refractivity contribution in [2.75, 3.05) is 21.3 Å². The first-order chi connectivity index (χ1) is 15.8. The number of hydrogen-bond donors (Lipinski definition) is 2. The van der Waals surface area contributed by atoms with Gasteiger partial charge in [-0.2, -0.15) is 0 Å². The number of unbranched alkanes of at least 4 members (excludes halogenated alkanes) is 3. The summed E-state index contributed by atoms with van der Waals surface area (Å²) in [7, 11) is -11.4. The summed E-state index contributed by atoms with van der Waals surface area (Å²) in [4.78, 5) is 22.7. The largest absolute Gasteiger partial charge is 0.659 e. The molecule has 0 amide bonds. The average molecular weight is 731 g/mol. The van der Waals surface area contributed by atoms with Gasteiger partial charge < -0.3 is 35.2 Å². The summed E-state index contributed by atoms with van der Waals surface area (Å²) in [5.74, 6) is 0. The maximum absolute atomic E-state index is 12.0. The summed E-state index contributed by atoms with van der Waals surface area (Å²) >= 11 is 0. The van der Waals surface area contributed by atoms with E-state index in [2.05, 4.69) is 26.6 Å². The van der Waals surface area contributed by atoms with Crippen LogP contribution in [-0.4, -0.2) is 73.0 Å². The first-order valence-electron chi connectivity index (χ1n) is 12.6. The highest BCUT2D eigenvalue weighted by Gasteiger charge is 2.63. The van der Waals surface area contributed by atoms with E-state index in [4.69, 9.17) is 25.6 Å². The summed E-state index contributed by atoms with van der Waals surface area (Å²) in [6.45, 7) is 13.7. The summed E-state index contributed by atoms with van der Waals surface area (Å²) in [5.41, 5.74) is 1.64. The molecule has 0 radical (unpaired) electrons. The molecule has 0 aliphatic heterocycles. The molecule has 2 N–H and O–H groups in total. The van der Waals surface area contributed by atoms with E-state index in [1.165, 1.54) is 39.9 Å². The van der Waals surface area contributed by atoms with Crippen molar-refractivity contribution in [2.45, 2.75) is 177 Å². The lowest BCUT2D eigenvalue weighted by atomic mass is 10.0. The Labute approximate surface area is 286 Å². The van der Waals surface area contributed by atoms with Crippen LogP contribution in [-0.2, 0) is 25.6 Å². The highest BCUT2D eigenvalue weighted by Crippen LogP contribution is 2.45. The van der Waals surface area contributed by atoms with Crippen molar-refractivity contribution in [1.29, 1.82) is 0 Å². The standard InChI is InChI=1S/C21H50O8Si5.10CH4/c1-10-12-13-17-20-31(8,22)32(9,21-18-15-14-16-19-21)29-34(25-4,26-5)28-30(6,7)27-33(23,11-2)24-3;;;;;;;;;;/h11,21-23H,2,10,12-20H2,1,3-9H3;10*1H4. The Balaban J connectivity index is -0.000000144. The van der Waals surface area contributed by atoms with E-state index in [0.717, 1.165) is 51.0 Å². The van der Waals surface area contributed by atoms with E-state index in [-0.39, 0.29) is 74.3 Å². The van der Waals surface area contributed by atoms with Gasteiger partial charge in [-0.1, -0.05) is 146 Å². The Bertz CT molecular complexity index is 622. The summed E-state index contributed by atoms with van der Waals surface area (Å²) in [6.07, 6.45) is 10.1. The normalized spacial score (nSPS) is 16.6. The fourth-order valence-corrected chi connectivity index (χ4v) is 29.5. The zero-order valence-corrected chi connectivity index (χ0v) is 27.8. The second-order valence-corrected chi connectivity index (χ2v) is 31.6. The van der Waals surface area contributed by atoms with Gasteiger partial charge in [-0.15, -0.1) is 0 Å². The molecular weight excluding hydrogens is 641 g/mol. The maximum atomic E-state index is 12.0. The molecule has 44 heavy (non-hydrogen) atoms. The summed E-state index contributed by atoms with van der Waals surface area (Å²) < 4.78 is 36.3. The summed E-state index contributed by atoms with van der Waals surface area (Å²) in [6, 6.07) is 0.814. The molecule has 8 nitrogen and oxygen atoms in total. The number of rotatable bonds is 17. The van der Waals surface area contributed by atoms with Gasteiger partial charge in [0.05, 0.1) is 0 Å². The maximum Gasteiger partial charge on any atom is 0.659 e. The minimum atomic E-state index is -3.69. The van der Waals surface area contributed by atoms with E-state index in [0.29, 0.717) is 5.54 Å². The predicted molar refractivity (Wildman–Crippen MR) is 214 cm³/mol. The third-order valence-corrected chi connectivity index (χ3v) is 32.9. The Morgan fingerprint density at radius 2 is 1.11 bits per heavy atom. The monoisotopic (exact) mass is 731 g/mol. The topological polar surface area (TPSA) is 95.8 Å². The van der Waals surface area contributed by atoms with E-state index in [1.807, 2.05) is 0 Å². The Kier molecular flexibility index (Phi) is 49.5. The SMILES string of the molecule is C.C.C.C.C.C.C.C.C.C.C=C[Si](O)(OC)O[Si](C)(C)O[Si](OC)(OC)O[Si](C)(C1CCCCC1)[Si](C)(O)CCCCCC. The Morgan fingerprint density at radius 3 is 1.48 bits per heavy atom. The average Bonchev–Trinajstić information content (AvgIpc) is 2.81. The van der Waals surface area contributed by atoms with Crippen molar-refractivity contribution in [3.05, 3.63) is 12.3 Å². The predicted octanol–water partition coefficient (Wildman–Crippen LogP) is 11.3. The first-order valence-corrected chi connectivity index (χ1v) is 25.1. The van der Waals surface area contributed by atoms with Gasteiger partial charge in [0, 0.05) is 21.3 Å². The molecular formula is C31H90O8Si5. The second kappa shape index (κ2) is 30.8. The number of hydrogen-bond acceptors (Lipinski definition) is 8. The van der Waals surface area contributed by atoms with Crippen LogP contribution in [0.25, 0.3) is 0 Å². The third-order valence-electron chi connectivity index (χ3n) is 7.12. The van der Waals surface area contributed by atoms with Crippen LogP contribution >= 0.6 is 0 Å². The van der Waals surface area contributed by atoms with Gasteiger partial charge in [-0.3, -0.25) is 0 Å². The van der Waals surface area contributed by atoms with Crippen molar-refractivity contribution in [3.63, 3.8) is 0 Å². The van der Waals surface area contributed by atoms with Crippen molar-refractivity contribution < 1.29 is 35.2 Å². The van der Waals surface area contributed by atoms with Crippen LogP contribution in [0.2, 0.25) is 37.8 Å². The molecule has 1 aliphatic carbocycles. The zero-order chi connectivity index (χ0) is 26.1. The molecule has 0 saturated heterocycles. The molecule has 0 bridgehead atoms. The van der Waals surface area contributed by atoms with Gasteiger partial charge in [0.25, 0.3) is 0 Å². The van der Waals surface area contributed by atoms with E-state index >= 15 is 0 Å². The minimum absolute atomic E-state index is 0. The zero-order valence-electron chi connectivity index (χ0n) is 22.8. The van der Waals surface area contributed by atoms with Gasteiger partial charge >= 0.3 is 26.4 Å². The van der Waals surface area contributed by atoms with Crippen LogP contribution < -0.4 is 0 Å². The van der Waals surface area contributed by atoms with E-state index < -0.39 is 42.1 Å². The van der Waals surface area contributed by atoms with Crippen LogP contribution in [0.3, 0.4) is 0 Å². The molecule has 282 valence electrons. The van der Waals surface area contributed by atoms with Crippen LogP contribution in [0.4, 0.5) is 0 Å². The van der Waals surface area contributed by atoms with Gasteiger partial charge in [-0.05, 0) is 43.5 Å².